The van der Waals surface area contributed by atoms with E-state index in [4.69, 9.17) is 18.9 Å². The Morgan fingerprint density at radius 1 is 0.938 bits per heavy atom. The van der Waals surface area contributed by atoms with Gasteiger partial charge in [0.15, 0.2) is 24.7 Å². The van der Waals surface area contributed by atoms with Gasteiger partial charge >= 0.3 is 12.0 Å². The van der Waals surface area contributed by atoms with E-state index < -0.39 is 24.5 Å². The molecule has 1 aliphatic rings. The van der Waals surface area contributed by atoms with Gasteiger partial charge in [0, 0.05) is 11.8 Å². The zero-order valence-electron chi connectivity index (χ0n) is 18.2. The van der Waals surface area contributed by atoms with Gasteiger partial charge in [-0.15, -0.1) is 0 Å². The molecule has 0 aromatic heterocycles. The summed E-state index contributed by atoms with van der Waals surface area (Å²) >= 11 is 0. The summed E-state index contributed by atoms with van der Waals surface area (Å²) in [5.41, 5.74) is 1.57. The molecule has 3 amide bonds. The molecule has 0 radical (unpaired) electrons. The third-order valence-corrected chi connectivity index (χ3v) is 4.49. The Labute approximate surface area is 186 Å². The average molecular weight is 442 g/mol. The zero-order valence-corrected chi connectivity index (χ0v) is 18.2. The van der Waals surface area contributed by atoms with Gasteiger partial charge in [-0.05, 0) is 35.2 Å². The van der Waals surface area contributed by atoms with E-state index in [9.17, 15) is 14.4 Å². The lowest BCUT2D eigenvalue weighted by Gasteiger charge is -2.19. The highest BCUT2D eigenvalue weighted by molar-refractivity contribution is 6.02. The second-order valence-corrected chi connectivity index (χ2v) is 8.08. The van der Waals surface area contributed by atoms with Crippen molar-refractivity contribution in [2.24, 2.45) is 0 Å². The minimum Gasteiger partial charge on any atom is -0.486 e. The van der Waals surface area contributed by atoms with Crippen LogP contribution in [0.1, 0.15) is 26.3 Å². The van der Waals surface area contributed by atoms with Crippen molar-refractivity contribution in [3.8, 4) is 17.2 Å². The fourth-order valence-electron chi connectivity index (χ4n) is 2.83. The minimum atomic E-state index is -0.775. The molecule has 0 aliphatic carbocycles. The molecule has 2 aromatic carbocycles. The smallest absolute Gasteiger partial charge is 0.344 e. The van der Waals surface area contributed by atoms with Crippen molar-refractivity contribution in [2.45, 2.75) is 26.2 Å². The number of imide groups is 1. The molecule has 2 aromatic rings. The number of fused-ring (bicyclic) bond motifs is 1. The number of esters is 1. The number of carbonyl (C=O) groups excluding carboxylic acids is 3. The van der Waals surface area contributed by atoms with Crippen molar-refractivity contribution >= 4 is 23.6 Å². The van der Waals surface area contributed by atoms with E-state index >= 15 is 0 Å². The molecule has 0 bridgehead atoms. The van der Waals surface area contributed by atoms with Crippen LogP contribution < -0.4 is 24.8 Å². The highest BCUT2D eigenvalue weighted by Crippen LogP contribution is 2.32. The molecule has 0 spiro atoms. The second kappa shape index (κ2) is 10.0. The van der Waals surface area contributed by atoms with E-state index in [1.54, 1.807) is 30.3 Å². The van der Waals surface area contributed by atoms with E-state index in [1.165, 1.54) is 0 Å². The number of amides is 3. The highest BCUT2D eigenvalue weighted by Gasteiger charge is 2.16. The van der Waals surface area contributed by atoms with Gasteiger partial charge in [0.25, 0.3) is 5.91 Å². The molecule has 9 heteroatoms. The summed E-state index contributed by atoms with van der Waals surface area (Å²) in [5, 5.41) is 4.58. The van der Waals surface area contributed by atoms with E-state index in [2.05, 4.69) is 31.4 Å². The van der Waals surface area contributed by atoms with Crippen molar-refractivity contribution in [1.82, 2.24) is 5.32 Å². The van der Waals surface area contributed by atoms with Crippen LogP contribution >= 0.6 is 0 Å². The largest absolute Gasteiger partial charge is 0.486 e. The van der Waals surface area contributed by atoms with Gasteiger partial charge in [-0.25, -0.2) is 9.59 Å². The molecule has 32 heavy (non-hydrogen) atoms. The van der Waals surface area contributed by atoms with Gasteiger partial charge in [-0.3, -0.25) is 10.1 Å². The molecule has 0 saturated carbocycles. The fourth-order valence-corrected chi connectivity index (χ4v) is 2.83. The first-order valence-electron chi connectivity index (χ1n) is 10.1. The van der Waals surface area contributed by atoms with Crippen molar-refractivity contribution in [3.63, 3.8) is 0 Å². The molecule has 3 rings (SSSR count). The second-order valence-electron chi connectivity index (χ2n) is 8.08. The first-order chi connectivity index (χ1) is 15.2. The summed E-state index contributed by atoms with van der Waals surface area (Å²) in [6, 6.07) is 11.5. The molecule has 170 valence electrons. The van der Waals surface area contributed by atoms with Crippen LogP contribution in [0, 0.1) is 0 Å². The maximum absolute atomic E-state index is 12.0. The number of rotatable bonds is 6. The minimum absolute atomic E-state index is 0.0131. The third kappa shape index (κ3) is 6.63. The van der Waals surface area contributed by atoms with Crippen LogP contribution in [0.2, 0.25) is 0 Å². The van der Waals surface area contributed by atoms with Crippen LogP contribution in [-0.2, 0) is 19.7 Å². The topological polar surface area (TPSA) is 112 Å². The van der Waals surface area contributed by atoms with Crippen LogP contribution in [0.3, 0.4) is 0 Å². The molecule has 0 atom stereocenters. The van der Waals surface area contributed by atoms with Gasteiger partial charge < -0.3 is 24.3 Å². The number of nitrogens with one attached hydrogen (secondary N) is 2. The molecule has 0 fully saturated rings. The number of ether oxygens (including phenoxy) is 4. The van der Waals surface area contributed by atoms with E-state index in [-0.39, 0.29) is 12.0 Å². The van der Waals surface area contributed by atoms with Gasteiger partial charge in [-0.1, -0.05) is 32.9 Å². The summed E-state index contributed by atoms with van der Waals surface area (Å²) in [5.74, 6) is 0.0911. The predicted molar refractivity (Wildman–Crippen MR) is 116 cm³/mol. The molecule has 9 nitrogen and oxygen atoms in total. The van der Waals surface area contributed by atoms with Crippen molar-refractivity contribution in [2.75, 3.05) is 31.7 Å². The lowest BCUT2D eigenvalue weighted by atomic mass is 9.87. The van der Waals surface area contributed by atoms with Crippen molar-refractivity contribution < 1.29 is 33.3 Å². The lowest BCUT2D eigenvalue weighted by molar-refractivity contribution is -0.150. The Hall–Kier alpha value is -3.75. The Morgan fingerprint density at radius 3 is 2.31 bits per heavy atom. The molecule has 1 heterocycles. The Kier molecular flexibility index (Phi) is 7.19. The van der Waals surface area contributed by atoms with Gasteiger partial charge in [0.05, 0.1) is 0 Å². The molecular formula is C23H26N2O7. The lowest BCUT2D eigenvalue weighted by Crippen LogP contribution is -2.37. The number of hydrogen-bond donors (Lipinski definition) is 2. The first-order valence-corrected chi connectivity index (χ1v) is 10.1. The molecule has 2 N–H and O–H groups in total. The SMILES string of the molecule is CC(C)(C)c1ccc(OCC(=O)OCC(=O)NC(=O)Nc2ccc3c(c2)OCCO3)cc1. The van der Waals surface area contributed by atoms with Crippen LogP contribution in [-0.4, -0.2) is 44.3 Å². The quantitative estimate of drug-likeness (QED) is 0.662. The summed E-state index contributed by atoms with van der Waals surface area (Å²) < 4.78 is 21.0. The highest BCUT2D eigenvalue weighted by atomic mass is 16.6. The Bertz CT molecular complexity index is 981. The fraction of sp³-hybridized carbons (Fsp3) is 0.348. The maximum Gasteiger partial charge on any atom is 0.344 e. The number of carbonyl (C=O) groups is 3. The van der Waals surface area contributed by atoms with E-state index in [0.29, 0.717) is 36.1 Å². The zero-order chi connectivity index (χ0) is 23.1. The number of urea groups is 1. The predicted octanol–water partition coefficient (Wildman–Crippen LogP) is 3.03. The summed E-state index contributed by atoms with van der Waals surface area (Å²) in [4.78, 5) is 35.6. The van der Waals surface area contributed by atoms with Gasteiger partial charge in [-0.2, -0.15) is 0 Å². The number of anilines is 1. The maximum atomic E-state index is 12.0. The van der Waals surface area contributed by atoms with E-state index in [1.807, 2.05) is 12.1 Å². The molecule has 1 aliphatic heterocycles. The number of hydrogen-bond acceptors (Lipinski definition) is 7. The molecular weight excluding hydrogens is 416 g/mol. The molecule has 0 saturated heterocycles. The van der Waals surface area contributed by atoms with Gasteiger partial charge in [0.1, 0.15) is 19.0 Å². The number of benzene rings is 2. The van der Waals surface area contributed by atoms with Crippen LogP contribution in [0.15, 0.2) is 42.5 Å². The van der Waals surface area contributed by atoms with Crippen molar-refractivity contribution in [1.29, 1.82) is 0 Å². The third-order valence-electron chi connectivity index (χ3n) is 4.49. The summed E-state index contributed by atoms with van der Waals surface area (Å²) in [6.07, 6.45) is 0. The Balaban J connectivity index is 1.37. The monoisotopic (exact) mass is 442 g/mol. The van der Waals surface area contributed by atoms with Crippen LogP contribution in [0.4, 0.5) is 10.5 Å². The van der Waals surface area contributed by atoms with Crippen molar-refractivity contribution in [3.05, 3.63) is 48.0 Å². The van der Waals surface area contributed by atoms with Crippen LogP contribution in [0.5, 0.6) is 17.2 Å². The Morgan fingerprint density at radius 2 is 1.62 bits per heavy atom. The van der Waals surface area contributed by atoms with Crippen LogP contribution in [0.25, 0.3) is 0 Å². The van der Waals surface area contributed by atoms with E-state index in [0.717, 1.165) is 5.56 Å². The molecule has 0 unspecified atom stereocenters. The summed E-state index contributed by atoms with van der Waals surface area (Å²) in [6.45, 7) is 6.21. The van der Waals surface area contributed by atoms with Gasteiger partial charge in [0.2, 0.25) is 0 Å². The normalized spacial score (nSPS) is 12.5. The standard InChI is InChI=1S/C23H26N2O7/c1-23(2,3)15-4-7-17(8-5-15)31-14-21(27)32-13-20(26)25-22(28)24-16-6-9-18-19(12-16)30-11-10-29-18/h4-9,12H,10-11,13-14H2,1-3H3,(H2,24,25,26,28). The average Bonchev–Trinajstić information content (AvgIpc) is 2.75. The summed E-state index contributed by atoms with van der Waals surface area (Å²) in [7, 11) is 0. The first kappa shape index (κ1) is 22.9.